The van der Waals surface area contributed by atoms with E-state index in [9.17, 15) is 4.79 Å². The average Bonchev–Trinajstić information content (AvgIpc) is 2.83. The van der Waals surface area contributed by atoms with Crippen molar-refractivity contribution in [2.75, 3.05) is 0 Å². The van der Waals surface area contributed by atoms with Crippen molar-refractivity contribution in [3.8, 4) is 0 Å². The Morgan fingerprint density at radius 2 is 1.96 bits per heavy atom. The monoisotopic (exact) mass is 330 g/mol. The molecule has 4 aliphatic carbocycles. The molecule has 4 rings (SSSR count). The normalized spacial score (nSPS) is 50.5. The molecule has 0 aromatic heterocycles. The van der Waals surface area contributed by atoms with Crippen LogP contribution in [0.1, 0.15) is 72.6 Å². The number of ether oxygens (including phenoxy) is 1. The maximum absolute atomic E-state index is 12.6. The van der Waals surface area contributed by atoms with Crippen molar-refractivity contribution in [3.05, 3.63) is 12.2 Å². The highest BCUT2D eigenvalue weighted by Gasteiger charge is 2.62. The minimum atomic E-state index is -0.0620. The van der Waals surface area contributed by atoms with E-state index in [4.69, 9.17) is 4.74 Å². The van der Waals surface area contributed by atoms with Crippen LogP contribution in [0.15, 0.2) is 12.2 Å². The lowest BCUT2D eigenvalue weighted by atomic mass is 9.45. The van der Waals surface area contributed by atoms with E-state index in [0.717, 1.165) is 31.6 Å². The zero-order valence-electron chi connectivity index (χ0n) is 15.9. The van der Waals surface area contributed by atoms with Crippen molar-refractivity contribution in [1.82, 2.24) is 0 Å². The van der Waals surface area contributed by atoms with Crippen LogP contribution in [-0.4, -0.2) is 18.0 Å². The Morgan fingerprint density at radius 3 is 2.71 bits per heavy atom. The summed E-state index contributed by atoms with van der Waals surface area (Å²) in [4.78, 5) is 12.6. The standard InChI is InChI=1S/C22H34O2/c1-14(2)24-18-13-15-7-5-6-11-21(15,3)17-10-12-22(4)16(20(17)18)8-9-19(22)23/h5,7,14-18,20H,6,8-13H2,1-4H3/t15?,16?,17?,18-,20?,21-,22-/m0/s1. The van der Waals surface area contributed by atoms with Crippen molar-refractivity contribution < 1.29 is 9.53 Å². The molecule has 0 aliphatic heterocycles. The lowest BCUT2D eigenvalue weighted by molar-refractivity contribution is -0.173. The summed E-state index contributed by atoms with van der Waals surface area (Å²) in [7, 11) is 0. The third kappa shape index (κ3) is 2.28. The number of carbonyl (C=O) groups is 1. The average molecular weight is 331 g/mol. The first-order valence-corrected chi connectivity index (χ1v) is 10.2. The van der Waals surface area contributed by atoms with Gasteiger partial charge >= 0.3 is 0 Å². The Bertz CT molecular complexity index is 550. The fraction of sp³-hybridized carbons (Fsp3) is 0.864. The predicted molar refractivity (Wildman–Crippen MR) is 96.6 cm³/mol. The van der Waals surface area contributed by atoms with Crippen LogP contribution in [0.25, 0.3) is 0 Å². The second-order valence-electron chi connectivity index (χ2n) is 9.75. The number of hydrogen-bond donors (Lipinski definition) is 0. The van der Waals surface area contributed by atoms with Crippen molar-refractivity contribution in [2.45, 2.75) is 84.8 Å². The molecule has 4 unspecified atom stereocenters. The number of Topliss-reactive ketones (excluding diaryl/α,β-unsaturated/α-hetero) is 1. The van der Waals surface area contributed by atoms with Gasteiger partial charge in [-0.1, -0.05) is 26.0 Å². The Kier molecular flexibility index (Phi) is 3.99. The van der Waals surface area contributed by atoms with Gasteiger partial charge in [0.15, 0.2) is 0 Å². The third-order valence-corrected chi connectivity index (χ3v) is 8.32. The number of allylic oxidation sites excluding steroid dienone is 2. The third-order valence-electron chi connectivity index (χ3n) is 8.32. The summed E-state index contributed by atoms with van der Waals surface area (Å²) in [5, 5.41) is 0. The van der Waals surface area contributed by atoms with Crippen molar-refractivity contribution in [3.63, 3.8) is 0 Å². The molecule has 0 saturated heterocycles. The van der Waals surface area contributed by atoms with E-state index in [1.54, 1.807) is 0 Å². The van der Waals surface area contributed by atoms with Crippen molar-refractivity contribution in [2.24, 2.45) is 34.5 Å². The molecule has 4 aliphatic rings. The van der Waals surface area contributed by atoms with E-state index in [0.29, 0.717) is 35.1 Å². The molecule has 0 amide bonds. The van der Waals surface area contributed by atoms with Gasteiger partial charge in [-0.3, -0.25) is 4.79 Å². The Balaban J connectivity index is 1.73. The van der Waals surface area contributed by atoms with Gasteiger partial charge in [-0.15, -0.1) is 0 Å². The van der Waals surface area contributed by atoms with E-state index in [2.05, 4.69) is 39.8 Å². The van der Waals surface area contributed by atoms with Crippen LogP contribution in [0.2, 0.25) is 0 Å². The number of carbonyl (C=O) groups excluding carboxylic acids is 1. The van der Waals surface area contributed by atoms with Crippen LogP contribution >= 0.6 is 0 Å². The summed E-state index contributed by atoms with van der Waals surface area (Å²) >= 11 is 0. The Labute approximate surface area is 147 Å². The second kappa shape index (κ2) is 5.69. The number of fused-ring (bicyclic) bond motifs is 5. The highest BCUT2D eigenvalue weighted by molar-refractivity contribution is 5.87. The summed E-state index contributed by atoms with van der Waals surface area (Å²) in [6.07, 6.45) is 13.4. The highest BCUT2D eigenvalue weighted by atomic mass is 16.5. The summed E-state index contributed by atoms with van der Waals surface area (Å²) < 4.78 is 6.50. The molecule has 3 fully saturated rings. The molecule has 2 heteroatoms. The SMILES string of the molecule is CC(C)O[C@H]1CC2C=CCC[C@]2(C)C2CC[C@]3(C)C(=O)CCC3C21. The summed E-state index contributed by atoms with van der Waals surface area (Å²) in [5.41, 5.74) is 0.358. The molecule has 0 N–H and O–H groups in total. The van der Waals surface area contributed by atoms with E-state index in [-0.39, 0.29) is 11.5 Å². The van der Waals surface area contributed by atoms with E-state index >= 15 is 0 Å². The van der Waals surface area contributed by atoms with E-state index in [1.807, 2.05) is 0 Å². The van der Waals surface area contributed by atoms with Crippen LogP contribution in [-0.2, 0) is 9.53 Å². The summed E-state index contributed by atoms with van der Waals surface area (Å²) in [5.74, 6) is 3.07. The molecule has 24 heavy (non-hydrogen) atoms. The fourth-order valence-corrected chi connectivity index (χ4v) is 7.03. The second-order valence-corrected chi connectivity index (χ2v) is 9.75. The minimum Gasteiger partial charge on any atom is -0.375 e. The van der Waals surface area contributed by atoms with Gasteiger partial charge in [0.1, 0.15) is 5.78 Å². The summed E-state index contributed by atoms with van der Waals surface area (Å²) in [6, 6.07) is 0. The minimum absolute atomic E-state index is 0.0620. The Morgan fingerprint density at radius 1 is 1.17 bits per heavy atom. The van der Waals surface area contributed by atoms with Gasteiger partial charge in [0.2, 0.25) is 0 Å². The van der Waals surface area contributed by atoms with Crippen molar-refractivity contribution >= 4 is 5.78 Å². The number of ketones is 1. The smallest absolute Gasteiger partial charge is 0.139 e. The molecule has 0 heterocycles. The van der Waals surface area contributed by atoms with Crippen LogP contribution in [0.4, 0.5) is 0 Å². The molecule has 0 bridgehead atoms. The van der Waals surface area contributed by atoms with E-state index < -0.39 is 0 Å². The quantitative estimate of drug-likeness (QED) is 0.653. The molecular formula is C22H34O2. The zero-order chi connectivity index (χ0) is 17.1. The molecule has 0 aromatic rings. The van der Waals surface area contributed by atoms with Crippen LogP contribution in [0.5, 0.6) is 0 Å². The first-order valence-electron chi connectivity index (χ1n) is 10.2. The lowest BCUT2D eigenvalue weighted by Gasteiger charge is -2.60. The molecule has 3 saturated carbocycles. The van der Waals surface area contributed by atoms with Gasteiger partial charge in [-0.25, -0.2) is 0 Å². The van der Waals surface area contributed by atoms with Crippen LogP contribution in [0, 0.1) is 34.5 Å². The first kappa shape index (κ1) is 16.8. The molecule has 0 spiro atoms. The van der Waals surface area contributed by atoms with E-state index in [1.165, 1.54) is 19.3 Å². The maximum Gasteiger partial charge on any atom is 0.139 e. The molecule has 7 atom stereocenters. The van der Waals surface area contributed by atoms with Gasteiger partial charge in [-0.05, 0) is 81.5 Å². The molecule has 0 radical (unpaired) electrons. The largest absolute Gasteiger partial charge is 0.375 e. The van der Waals surface area contributed by atoms with Gasteiger partial charge in [0.25, 0.3) is 0 Å². The maximum atomic E-state index is 12.6. The lowest BCUT2D eigenvalue weighted by Crippen LogP contribution is -2.58. The van der Waals surface area contributed by atoms with Crippen LogP contribution < -0.4 is 0 Å². The van der Waals surface area contributed by atoms with Crippen molar-refractivity contribution in [1.29, 1.82) is 0 Å². The predicted octanol–water partition coefficient (Wildman–Crippen LogP) is 5.17. The fourth-order valence-electron chi connectivity index (χ4n) is 7.03. The first-order chi connectivity index (χ1) is 11.4. The van der Waals surface area contributed by atoms with Gasteiger partial charge in [0, 0.05) is 11.8 Å². The van der Waals surface area contributed by atoms with Gasteiger partial charge in [-0.2, -0.15) is 0 Å². The topological polar surface area (TPSA) is 26.3 Å². The van der Waals surface area contributed by atoms with Crippen LogP contribution in [0.3, 0.4) is 0 Å². The Hall–Kier alpha value is -0.630. The molecule has 134 valence electrons. The zero-order valence-corrected chi connectivity index (χ0v) is 15.9. The van der Waals surface area contributed by atoms with Gasteiger partial charge < -0.3 is 4.74 Å². The molecular weight excluding hydrogens is 296 g/mol. The number of rotatable bonds is 2. The van der Waals surface area contributed by atoms with Gasteiger partial charge in [0.05, 0.1) is 12.2 Å². The molecule has 2 nitrogen and oxygen atoms in total. The number of hydrogen-bond acceptors (Lipinski definition) is 2. The summed E-state index contributed by atoms with van der Waals surface area (Å²) in [6.45, 7) is 9.15. The highest BCUT2D eigenvalue weighted by Crippen LogP contribution is 2.65. The molecule has 0 aromatic carbocycles.